The van der Waals surface area contributed by atoms with Crippen molar-refractivity contribution in [3.63, 3.8) is 0 Å². The largest absolute Gasteiger partial charge is 0.375 e. The molecule has 4 nitrogen and oxygen atoms in total. The number of rotatable bonds is 6. The molecule has 0 aromatic rings. The minimum Gasteiger partial charge on any atom is -0.375 e. The van der Waals surface area contributed by atoms with Crippen LogP contribution < -0.4 is 11.1 Å². The van der Waals surface area contributed by atoms with E-state index in [1.807, 2.05) is 0 Å². The predicted molar refractivity (Wildman–Crippen MR) is 78.4 cm³/mol. The maximum absolute atomic E-state index is 12.0. The van der Waals surface area contributed by atoms with Crippen molar-refractivity contribution in [2.75, 3.05) is 6.54 Å². The van der Waals surface area contributed by atoms with Crippen LogP contribution in [0.2, 0.25) is 0 Å². The van der Waals surface area contributed by atoms with Gasteiger partial charge in [-0.05, 0) is 51.9 Å². The van der Waals surface area contributed by atoms with Gasteiger partial charge < -0.3 is 15.8 Å². The first-order chi connectivity index (χ1) is 8.53. The molecule has 1 saturated heterocycles. The van der Waals surface area contributed by atoms with E-state index in [1.165, 1.54) is 12.8 Å². The number of carbonyl (C=O) groups excluding carboxylic acids is 1. The molecule has 1 aliphatic carbocycles. The summed E-state index contributed by atoms with van der Waals surface area (Å²) in [5.41, 5.74) is 5.60. The molecule has 3 atom stereocenters. The van der Waals surface area contributed by atoms with Crippen LogP contribution in [0, 0.1) is 5.92 Å². The highest BCUT2D eigenvalue weighted by atomic mass is 35.5. The average Bonchev–Trinajstić information content (AvgIpc) is 3.11. The maximum atomic E-state index is 12.0. The van der Waals surface area contributed by atoms with Crippen LogP contribution in [-0.2, 0) is 9.53 Å². The molecule has 0 bridgehead atoms. The summed E-state index contributed by atoms with van der Waals surface area (Å²) in [7, 11) is 0. The quantitative estimate of drug-likeness (QED) is 0.786. The summed E-state index contributed by atoms with van der Waals surface area (Å²) < 4.78 is 5.72. The molecule has 0 spiro atoms. The van der Waals surface area contributed by atoms with Crippen molar-refractivity contribution in [3.8, 4) is 0 Å². The lowest BCUT2D eigenvalue weighted by atomic mass is 9.95. The van der Waals surface area contributed by atoms with Crippen molar-refractivity contribution < 1.29 is 9.53 Å². The molecule has 2 aliphatic rings. The monoisotopic (exact) mass is 290 g/mol. The molecule has 1 saturated carbocycles. The van der Waals surface area contributed by atoms with Gasteiger partial charge in [0, 0.05) is 13.0 Å². The lowest BCUT2D eigenvalue weighted by Gasteiger charge is -2.29. The average molecular weight is 291 g/mol. The second-order valence-electron chi connectivity index (χ2n) is 6.13. The molecule has 5 heteroatoms. The number of nitrogens with two attached hydrogens (primary N) is 1. The smallest absolute Gasteiger partial charge is 0.220 e. The summed E-state index contributed by atoms with van der Waals surface area (Å²) >= 11 is 0. The highest BCUT2D eigenvalue weighted by Gasteiger charge is 2.41. The Hall–Kier alpha value is -0.320. The number of carbonyl (C=O) groups is 1. The fourth-order valence-electron chi connectivity index (χ4n) is 2.81. The molecule has 2 rings (SSSR count). The summed E-state index contributed by atoms with van der Waals surface area (Å²) in [4.78, 5) is 12.0. The minimum absolute atomic E-state index is 0. The molecule has 1 amide bonds. The van der Waals surface area contributed by atoms with Gasteiger partial charge in [0.05, 0.1) is 17.7 Å². The highest BCUT2D eigenvalue weighted by Crippen LogP contribution is 2.39. The van der Waals surface area contributed by atoms with Crippen LogP contribution in [0.4, 0.5) is 0 Å². The fraction of sp³-hybridized carbons (Fsp3) is 0.929. The number of hydrogen-bond donors (Lipinski definition) is 2. The Morgan fingerprint density at radius 2 is 2.05 bits per heavy atom. The van der Waals surface area contributed by atoms with Crippen LogP contribution in [0.5, 0.6) is 0 Å². The summed E-state index contributed by atoms with van der Waals surface area (Å²) in [5, 5.41) is 3.12. The molecule has 0 aromatic heterocycles. The van der Waals surface area contributed by atoms with Crippen LogP contribution >= 0.6 is 12.4 Å². The molecular formula is C14H27ClN2O2. The van der Waals surface area contributed by atoms with Gasteiger partial charge >= 0.3 is 0 Å². The molecule has 0 aromatic carbocycles. The predicted octanol–water partition coefficient (Wildman–Crippen LogP) is 2.00. The standard InChI is InChI=1S/C14H26N2O2.ClH/c1-10-3-6-12(18-10)7-8-13(17)16-14(2,9-15)11-4-5-11;/h10-12H,3-9,15H2,1-2H3,(H,16,17);1H. The summed E-state index contributed by atoms with van der Waals surface area (Å²) in [6.45, 7) is 4.69. The zero-order chi connectivity index (χ0) is 13.2. The zero-order valence-electron chi connectivity index (χ0n) is 12.0. The van der Waals surface area contributed by atoms with Crippen molar-refractivity contribution >= 4 is 18.3 Å². The number of hydrogen-bond acceptors (Lipinski definition) is 3. The molecule has 3 N–H and O–H groups in total. The minimum atomic E-state index is -0.194. The van der Waals surface area contributed by atoms with E-state index >= 15 is 0 Å². The lowest BCUT2D eigenvalue weighted by Crippen LogP contribution is -2.53. The number of ether oxygens (including phenoxy) is 1. The molecule has 112 valence electrons. The molecular weight excluding hydrogens is 264 g/mol. The van der Waals surface area contributed by atoms with Crippen molar-refractivity contribution in [1.82, 2.24) is 5.32 Å². The van der Waals surface area contributed by atoms with Gasteiger partial charge in [0.25, 0.3) is 0 Å². The Morgan fingerprint density at radius 1 is 1.37 bits per heavy atom. The summed E-state index contributed by atoms with van der Waals surface area (Å²) in [5.74, 6) is 0.701. The second kappa shape index (κ2) is 6.91. The van der Waals surface area contributed by atoms with Gasteiger partial charge in [-0.25, -0.2) is 0 Å². The van der Waals surface area contributed by atoms with E-state index in [1.54, 1.807) is 0 Å². The Bertz CT molecular complexity index is 310. The molecule has 3 unspecified atom stereocenters. The third-order valence-electron chi connectivity index (χ3n) is 4.34. The van der Waals surface area contributed by atoms with Crippen molar-refractivity contribution in [3.05, 3.63) is 0 Å². The highest BCUT2D eigenvalue weighted by molar-refractivity contribution is 5.85. The number of nitrogens with one attached hydrogen (secondary N) is 1. The molecule has 0 radical (unpaired) electrons. The zero-order valence-corrected chi connectivity index (χ0v) is 12.8. The Morgan fingerprint density at radius 3 is 2.53 bits per heavy atom. The molecule has 1 heterocycles. The van der Waals surface area contributed by atoms with Gasteiger partial charge in [0.15, 0.2) is 0 Å². The SMILES string of the molecule is CC1CCC(CCC(=O)NC(C)(CN)C2CC2)O1.Cl. The molecule has 19 heavy (non-hydrogen) atoms. The van der Waals surface area contributed by atoms with Crippen LogP contribution in [0.1, 0.15) is 52.4 Å². The number of halogens is 1. The van der Waals surface area contributed by atoms with Crippen LogP contribution in [0.3, 0.4) is 0 Å². The Balaban J connectivity index is 0.00000180. The first-order valence-corrected chi connectivity index (χ1v) is 7.20. The first-order valence-electron chi connectivity index (χ1n) is 7.20. The normalized spacial score (nSPS) is 29.4. The summed E-state index contributed by atoms with van der Waals surface area (Å²) in [6, 6.07) is 0. The molecule has 1 aliphatic heterocycles. The van der Waals surface area contributed by atoms with Crippen LogP contribution in [-0.4, -0.2) is 30.2 Å². The van der Waals surface area contributed by atoms with E-state index in [-0.39, 0.29) is 30.0 Å². The third kappa shape index (κ3) is 4.62. The maximum Gasteiger partial charge on any atom is 0.220 e. The summed E-state index contributed by atoms with van der Waals surface area (Å²) in [6.07, 6.45) is 6.62. The van der Waals surface area contributed by atoms with E-state index in [0.29, 0.717) is 25.0 Å². The first kappa shape index (κ1) is 16.7. The third-order valence-corrected chi connectivity index (χ3v) is 4.34. The Labute approximate surface area is 122 Å². The van der Waals surface area contributed by atoms with Gasteiger partial charge in [-0.15, -0.1) is 12.4 Å². The van der Waals surface area contributed by atoms with E-state index in [0.717, 1.165) is 19.3 Å². The van der Waals surface area contributed by atoms with Gasteiger partial charge in [-0.1, -0.05) is 0 Å². The number of amides is 1. The van der Waals surface area contributed by atoms with Crippen molar-refractivity contribution in [2.24, 2.45) is 11.7 Å². The van der Waals surface area contributed by atoms with Gasteiger partial charge in [-0.3, -0.25) is 4.79 Å². The van der Waals surface area contributed by atoms with E-state index in [2.05, 4.69) is 19.2 Å². The van der Waals surface area contributed by atoms with Crippen LogP contribution in [0.25, 0.3) is 0 Å². The van der Waals surface area contributed by atoms with Gasteiger partial charge in [0.1, 0.15) is 0 Å². The van der Waals surface area contributed by atoms with Crippen molar-refractivity contribution in [1.29, 1.82) is 0 Å². The second-order valence-corrected chi connectivity index (χ2v) is 6.13. The van der Waals surface area contributed by atoms with Crippen molar-refractivity contribution in [2.45, 2.75) is 70.1 Å². The van der Waals surface area contributed by atoms with E-state index < -0.39 is 0 Å². The molecule has 2 fully saturated rings. The Kier molecular flexibility index (Phi) is 6.09. The van der Waals surface area contributed by atoms with Gasteiger partial charge in [0.2, 0.25) is 5.91 Å². The topological polar surface area (TPSA) is 64.4 Å². The van der Waals surface area contributed by atoms with Crippen LogP contribution in [0.15, 0.2) is 0 Å². The van der Waals surface area contributed by atoms with Gasteiger partial charge in [-0.2, -0.15) is 0 Å². The lowest BCUT2D eigenvalue weighted by molar-refractivity contribution is -0.123. The fourth-order valence-corrected chi connectivity index (χ4v) is 2.81. The van der Waals surface area contributed by atoms with E-state index in [4.69, 9.17) is 10.5 Å². The van der Waals surface area contributed by atoms with E-state index in [9.17, 15) is 4.79 Å².